The first-order chi connectivity index (χ1) is 6.61. The summed E-state index contributed by atoms with van der Waals surface area (Å²) in [6.07, 6.45) is -1.21. The van der Waals surface area contributed by atoms with E-state index in [1.54, 1.807) is 6.92 Å². The van der Waals surface area contributed by atoms with Crippen LogP contribution in [0, 0.1) is 6.92 Å². The van der Waals surface area contributed by atoms with Gasteiger partial charge >= 0.3 is 0 Å². The maximum atomic E-state index is 12.7. The van der Waals surface area contributed by atoms with E-state index in [-0.39, 0.29) is 11.3 Å². The van der Waals surface area contributed by atoms with Gasteiger partial charge in [-0.05, 0) is 12.5 Å². The fourth-order valence-corrected chi connectivity index (χ4v) is 1.78. The number of alkyl halides is 3. The predicted molar refractivity (Wildman–Crippen MR) is 53.1 cm³/mol. The van der Waals surface area contributed by atoms with E-state index in [0.717, 1.165) is 0 Å². The first kappa shape index (κ1) is 11.4. The van der Waals surface area contributed by atoms with Gasteiger partial charge in [-0.15, -0.1) is 0 Å². The molecule has 0 spiro atoms. The molecule has 0 aromatic carbocycles. The minimum Gasteiger partial charge on any atom is -0.495 e. The second-order valence-corrected chi connectivity index (χ2v) is 3.31. The quantitative estimate of drug-likeness (QED) is 0.783. The number of halogens is 3. The van der Waals surface area contributed by atoms with Crippen molar-refractivity contribution in [2.75, 3.05) is 7.11 Å². The van der Waals surface area contributed by atoms with E-state index >= 15 is 0 Å². The first-order valence-corrected chi connectivity index (χ1v) is 5.10. The van der Waals surface area contributed by atoms with Crippen LogP contribution in [0.4, 0.5) is 8.78 Å². The third kappa shape index (κ3) is 2.03. The molecule has 14 heavy (non-hydrogen) atoms. The zero-order valence-electron chi connectivity index (χ0n) is 7.85. The summed E-state index contributed by atoms with van der Waals surface area (Å²) in [5, 5.41) is 0.461. The van der Waals surface area contributed by atoms with Crippen LogP contribution >= 0.6 is 15.9 Å². The molecule has 0 fully saturated rings. The van der Waals surface area contributed by atoms with Crippen molar-refractivity contribution in [1.82, 2.24) is 4.98 Å². The van der Waals surface area contributed by atoms with Gasteiger partial charge in [0, 0.05) is 5.33 Å². The lowest BCUT2D eigenvalue weighted by Gasteiger charge is -2.12. The molecule has 1 aromatic rings. The Kier molecular flexibility index (Phi) is 3.80. The molecular weight excluding hydrogens is 256 g/mol. The van der Waals surface area contributed by atoms with Crippen molar-refractivity contribution in [2.24, 2.45) is 0 Å². The highest BCUT2D eigenvalue weighted by molar-refractivity contribution is 9.08. The molecule has 1 aromatic heterocycles. The number of pyridine rings is 1. The van der Waals surface area contributed by atoms with Gasteiger partial charge in [-0.25, -0.2) is 8.78 Å². The van der Waals surface area contributed by atoms with Crippen molar-refractivity contribution in [3.8, 4) is 5.75 Å². The Morgan fingerprint density at radius 1 is 1.57 bits per heavy atom. The van der Waals surface area contributed by atoms with E-state index in [9.17, 15) is 8.78 Å². The lowest BCUT2D eigenvalue weighted by molar-refractivity contribution is 0.146. The zero-order valence-corrected chi connectivity index (χ0v) is 9.44. The molecule has 0 saturated heterocycles. The van der Waals surface area contributed by atoms with E-state index < -0.39 is 6.43 Å². The molecule has 1 rings (SSSR count). The van der Waals surface area contributed by atoms with Crippen LogP contribution in [0.5, 0.6) is 5.75 Å². The highest BCUT2D eigenvalue weighted by Gasteiger charge is 2.19. The standard InChI is InChI=1S/C9H10BrF2NO/c1-5-6(3-10)13-4-7(14-2)8(5)9(11)12/h4,9H,3H2,1-2H3. The highest BCUT2D eigenvalue weighted by Crippen LogP contribution is 2.32. The summed E-state index contributed by atoms with van der Waals surface area (Å²) in [6.45, 7) is 1.62. The third-order valence-corrected chi connectivity index (χ3v) is 2.54. The maximum Gasteiger partial charge on any atom is 0.267 e. The molecule has 0 amide bonds. The molecule has 1 heterocycles. The van der Waals surface area contributed by atoms with Crippen molar-refractivity contribution in [2.45, 2.75) is 18.7 Å². The van der Waals surface area contributed by atoms with Gasteiger partial charge in [0.25, 0.3) is 6.43 Å². The number of hydrogen-bond donors (Lipinski definition) is 0. The van der Waals surface area contributed by atoms with E-state index in [1.807, 2.05) is 0 Å². The van der Waals surface area contributed by atoms with Gasteiger partial charge in [0.1, 0.15) is 5.75 Å². The van der Waals surface area contributed by atoms with Gasteiger partial charge in [0.15, 0.2) is 0 Å². The lowest BCUT2D eigenvalue weighted by atomic mass is 10.1. The largest absolute Gasteiger partial charge is 0.495 e. The van der Waals surface area contributed by atoms with Gasteiger partial charge in [-0.2, -0.15) is 0 Å². The molecule has 0 bridgehead atoms. The van der Waals surface area contributed by atoms with E-state index in [1.165, 1.54) is 13.3 Å². The Hall–Kier alpha value is -0.710. The predicted octanol–water partition coefficient (Wildman–Crippen LogP) is 3.23. The van der Waals surface area contributed by atoms with E-state index in [0.29, 0.717) is 16.6 Å². The number of methoxy groups -OCH3 is 1. The van der Waals surface area contributed by atoms with Crippen LogP contribution in [0.1, 0.15) is 23.2 Å². The van der Waals surface area contributed by atoms with Crippen molar-refractivity contribution in [1.29, 1.82) is 0 Å². The topological polar surface area (TPSA) is 22.1 Å². The van der Waals surface area contributed by atoms with Crippen LogP contribution in [-0.4, -0.2) is 12.1 Å². The summed E-state index contributed by atoms with van der Waals surface area (Å²) < 4.78 is 30.2. The fourth-order valence-electron chi connectivity index (χ4n) is 1.21. The number of hydrogen-bond acceptors (Lipinski definition) is 2. The normalized spacial score (nSPS) is 10.7. The summed E-state index contributed by atoms with van der Waals surface area (Å²) in [6, 6.07) is 0. The van der Waals surface area contributed by atoms with Crippen LogP contribution in [0.25, 0.3) is 0 Å². The SMILES string of the molecule is COc1cnc(CBr)c(C)c1C(F)F. The highest BCUT2D eigenvalue weighted by atomic mass is 79.9. The van der Waals surface area contributed by atoms with Crippen LogP contribution < -0.4 is 4.74 Å². The van der Waals surface area contributed by atoms with Crippen molar-refractivity contribution in [3.05, 3.63) is 23.0 Å². The van der Waals surface area contributed by atoms with Crippen LogP contribution in [0.15, 0.2) is 6.20 Å². The Bertz CT molecular complexity index is 331. The molecule has 0 aliphatic rings. The third-order valence-electron chi connectivity index (χ3n) is 2.00. The summed E-state index contributed by atoms with van der Waals surface area (Å²) in [5.74, 6) is 0.141. The molecule has 0 radical (unpaired) electrons. The maximum absolute atomic E-state index is 12.7. The molecule has 0 atom stereocenters. The Labute approximate surface area is 89.4 Å². The zero-order chi connectivity index (χ0) is 10.7. The van der Waals surface area contributed by atoms with Crippen molar-refractivity contribution in [3.63, 3.8) is 0 Å². The minimum atomic E-state index is -2.54. The summed E-state index contributed by atoms with van der Waals surface area (Å²) >= 11 is 3.19. The molecule has 0 aliphatic heterocycles. The van der Waals surface area contributed by atoms with Crippen LogP contribution in [0.2, 0.25) is 0 Å². The smallest absolute Gasteiger partial charge is 0.267 e. The molecule has 78 valence electrons. The fraction of sp³-hybridized carbons (Fsp3) is 0.444. The van der Waals surface area contributed by atoms with Gasteiger partial charge in [0.05, 0.1) is 24.6 Å². The molecule has 0 N–H and O–H groups in total. The Morgan fingerprint density at radius 3 is 2.64 bits per heavy atom. The monoisotopic (exact) mass is 265 g/mol. The minimum absolute atomic E-state index is 0.0723. The molecule has 2 nitrogen and oxygen atoms in total. The number of rotatable bonds is 3. The summed E-state index contributed by atoms with van der Waals surface area (Å²) in [4.78, 5) is 4.01. The molecule has 0 saturated carbocycles. The molecule has 5 heteroatoms. The number of ether oxygens (including phenoxy) is 1. The number of aromatic nitrogens is 1. The van der Waals surface area contributed by atoms with Crippen LogP contribution in [0.3, 0.4) is 0 Å². The lowest BCUT2D eigenvalue weighted by Crippen LogP contribution is -2.01. The van der Waals surface area contributed by atoms with Gasteiger partial charge in [0.2, 0.25) is 0 Å². The van der Waals surface area contributed by atoms with Gasteiger partial charge in [-0.3, -0.25) is 4.98 Å². The Balaban J connectivity index is 3.31. The van der Waals surface area contributed by atoms with E-state index in [2.05, 4.69) is 20.9 Å². The van der Waals surface area contributed by atoms with Gasteiger partial charge < -0.3 is 4.74 Å². The Morgan fingerprint density at radius 2 is 2.21 bits per heavy atom. The van der Waals surface area contributed by atoms with Crippen LogP contribution in [-0.2, 0) is 5.33 Å². The second-order valence-electron chi connectivity index (χ2n) is 2.75. The van der Waals surface area contributed by atoms with E-state index in [4.69, 9.17) is 4.74 Å². The summed E-state index contributed by atoms with van der Waals surface area (Å²) in [7, 11) is 1.36. The molecular formula is C9H10BrF2NO. The number of nitrogens with zero attached hydrogens (tertiary/aromatic N) is 1. The summed E-state index contributed by atoms with van der Waals surface area (Å²) in [5.41, 5.74) is 1.02. The van der Waals surface area contributed by atoms with Gasteiger partial charge in [-0.1, -0.05) is 15.9 Å². The molecule has 0 aliphatic carbocycles. The first-order valence-electron chi connectivity index (χ1n) is 3.98. The average molecular weight is 266 g/mol. The average Bonchev–Trinajstić information content (AvgIpc) is 2.16. The van der Waals surface area contributed by atoms with Crippen molar-refractivity contribution >= 4 is 15.9 Å². The second kappa shape index (κ2) is 4.68. The molecule has 0 unspecified atom stereocenters. The van der Waals surface area contributed by atoms with Crippen molar-refractivity contribution < 1.29 is 13.5 Å².